The minimum absolute atomic E-state index is 0.0583. The van der Waals surface area contributed by atoms with Crippen molar-refractivity contribution in [1.29, 1.82) is 0 Å². The van der Waals surface area contributed by atoms with E-state index in [-0.39, 0.29) is 5.78 Å². The molecule has 4 rings (SSSR count). The number of carbonyl (C=O) groups is 1. The number of carbonyl (C=O) groups excluding carboxylic acids is 1. The van der Waals surface area contributed by atoms with Gasteiger partial charge in [0.05, 0.1) is 13.2 Å². The third-order valence-corrected chi connectivity index (χ3v) is 4.73. The van der Waals surface area contributed by atoms with Crippen LogP contribution in [-0.4, -0.2) is 32.1 Å². The summed E-state index contributed by atoms with van der Waals surface area (Å²) in [6, 6.07) is 20.9. The highest BCUT2D eigenvalue weighted by atomic mass is 16.5. The fraction of sp³-hybridized carbons (Fsp3) is 0.208. The summed E-state index contributed by atoms with van der Waals surface area (Å²) >= 11 is 0. The molecule has 0 amide bonds. The van der Waals surface area contributed by atoms with Crippen LogP contribution in [0.1, 0.15) is 21.9 Å². The van der Waals surface area contributed by atoms with Crippen LogP contribution >= 0.6 is 0 Å². The zero-order valence-corrected chi connectivity index (χ0v) is 16.1. The molecule has 3 aromatic rings. The Kier molecular flexibility index (Phi) is 6.07. The predicted octanol–water partition coefficient (Wildman–Crippen LogP) is 4.59. The molecule has 5 nitrogen and oxygen atoms in total. The van der Waals surface area contributed by atoms with Crippen molar-refractivity contribution in [2.75, 3.05) is 31.2 Å². The number of morpholine rings is 1. The number of ether oxygens (including phenoxy) is 2. The molecule has 29 heavy (non-hydrogen) atoms. The van der Waals surface area contributed by atoms with Gasteiger partial charge in [-0.2, -0.15) is 0 Å². The van der Waals surface area contributed by atoms with Gasteiger partial charge in [0.25, 0.3) is 0 Å². The average Bonchev–Trinajstić information content (AvgIpc) is 3.25. The van der Waals surface area contributed by atoms with Crippen molar-refractivity contribution in [3.8, 4) is 5.75 Å². The van der Waals surface area contributed by atoms with Crippen LogP contribution < -0.4 is 9.64 Å². The van der Waals surface area contributed by atoms with Crippen LogP contribution in [0, 0.1) is 0 Å². The van der Waals surface area contributed by atoms with E-state index >= 15 is 0 Å². The first-order valence-corrected chi connectivity index (χ1v) is 9.70. The van der Waals surface area contributed by atoms with Gasteiger partial charge >= 0.3 is 0 Å². The summed E-state index contributed by atoms with van der Waals surface area (Å²) in [6.07, 6.45) is 3.22. The van der Waals surface area contributed by atoms with E-state index in [1.165, 1.54) is 6.08 Å². The Balaban J connectivity index is 1.32. The molecule has 0 atom stereocenters. The Labute approximate surface area is 170 Å². The molecule has 1 aliphatic heterocycles. The van der Waals surface area contributed by atoms with Gasteiger partial charge in [0.2, 0.25) is 0 Å². The summed E-state index contributed by atoms with van der Waals surface area (Å²) in [4.78, 5) is 14.7. The van der Waals surface area contributed by atoms with Gasteiger partial charge < -0.3 is 18.8 Å². The molecule has 1 saturated heterocycles. The maximum atomic E-state index is 12.4. The van der Waals surface area contributed by atoms with Crippen molar-refractivity contribution >= 4 is 17.5 Å². The molecule has 0 spiro atoms. The van der Waals surface area contributed by atoms with Gasteiger partial charge in [-0.25, -0.2) is 0 Å². The van der Waals surface area contributed by atoms with Gasteiger partial charge in [-0.3, -0.25) is 4.79 Å². The van der Waals surface area contributed by atoms with Gasteiger partial charge in [0.1, 0.15) is 23.9 Å². The number of anilines is 1. The number of ketones is 1. The average molecular weight is 389 g/mol. The topological polar surface area (TPSA) is 51.9 Å². The van der Waals surface area contributed by atoms with E-state index in [1.807, 2.05) is 66.7 Å². The number of nitrogens with zero attached hydrogens (tertiary/aromatic N) is 1. The van der Waals surface area contributed by atoms with Crippen molar-refractivity contribution in [1.82, 2.24) is 0 Å². The molecule has 0 unspecified atom stereocenters. The van der Waals surface area contributed by atoms with Crippen LogP contribution in [0.2, 0.25) is 0 Å². The Morgan fingerprint density at radius 3 is 2.48 bits per heavy atom. The van der Waals surface area contributed by atoms with Crippen LogP contribution in [0.25, 0.3) is 6.08 Å². The largest absolute Gasteiger partial charge is 0.486 e. The molecule has 1 fully saturated rings. The SMILES string of the molecule is O=C(/C=C/c1ccc(COc2ccccc2)o1)c1ccc(N2CCOCC2)cc1. The fourth-order valence-corrected chi connectivity index (χ4v) is 3.14. The van der Waals surface area contributed by atoms with E-state index < -0.39 is 0 Å². The zero-order valence-electron chi connectivity index (χ0n) is 16.1. The summed E-state index contributed by atoms with van der Waals surface area (Å²) in [5, 5.41) is 0. The first kappa shape index (κ1) is 19.0. The standard InChI is InChI=1S/C24H23NO4/c26-24(19-6-8-20(9-7-19)25-14-16-27-17-15-25)13-12-22-10-11-23(29-22)18-28-21-4-2-1-3-5-21/h1-13H,14-18H2/b13-12+. The monoisotopic (exact) mass is 389 g/mol. The van der Waals surface area contributed by atoms with Crippen molar-refractivity contribution in [2.24, 2.45) is 0 Å². The Morgan fingerprint density at radius 2 is 1.72 bits per heavy atom. The first-order chi connectivity index (χ1) is 14.3. The van der Waals surface area contributed by atoms with E-state index in [2.05, 4.69) is 4.90 Å². The molecule has 5 heteroatoms. The van der Waals surface area contributed by atoms with Crippen LogP contribution in [0.4, 0.5) is 5.69 Å². The molecule has 2 heterocycles. The van der Waals surface area contributed by atoms with Crippen molar-refractivity contribution in [3.05, 3.63) is 89.9 Å². The third kappa shape index (κ3) is 5.15. The summed E-state index contributed by atoms with van der Waals surface area (Å²) in [6.45, 7) is 3.58. The van der Waals surface area contributed by atoms with Gasteiger partial charge in [-0.15, -0.1) is 0 Å². The zero-order chi connectivity index (χ0) is 19.9. The number of benzene rings is 2. The maximum absolute atomic E-state index is 12.4. The second kappa shape index (κ2) is 9.26. The normalized spacial score (nSPS) is 14.3. The lowest BCUT2D eigenvalue weighted by molar-refractivity contribution is 0.104. The van der Waals surface area contributed by atoms with Gasteiger partial charge in [0.15, 0.2) is 5.78 Å². The van der Waals surface area contributed by atoms with Crippen molar-refractivity contribution in [3.63, 3.8) is 0 Å². The Bertz CT molecular complexity index is 954. The minimum Gasteiger partial charge on any atom is -0.486 e. The van der Waals surface area contributed by atoms with E-state index in [1.54, 1.807) is 6.08 Å². The number of hydrogen-bond acceptors (Lipinski definition) is 5. The molecular formula is C24H23NO4. The number of hydrogen-bond donors (Lipinski definition) is 0. The van der Waals surface area contributed by atoms with Crippen LogP contribution in [0.3, 0.4) is 0 Å². The highest BCUT2D eigenvalue weighted by Crippen LogP contribution is 2.18. The summed E-state index contributed by atoms with van der Waals surface area (Å²) in [5.74, 6) is 2.06. The molecule has 148 valence electrons. The minimum atomic E-state index is -0.0583. The van der Waals surface area contributed by atoms with Crippen LogP contribution in [0.15, 0.2) is 77.2 Å². The molecule has 0 aliphatic carbocycles. The van der Waals surface area contributed by atoms with Crippen LogP contribution in [0.5, 0.6) is 5.75 Å². The van der Waals surface area contributed by atoms with Gasteiger partial charge in [-0.05, 0) is 60.7 Å². The van der Waals surface area contributed by atoms with Crippen molar-refractivity contribution in [2.45, 2.75) is 6.61 Å². The van der Waals surface area contributed by atoms with Gasteiger partial charge in [-0.1, -0.05) is 18.2 Å². The quantitative estimate of drug-likeness (QED) is 0.437. The summed E-state index contributed by atoms with van der Waals surface area (Å²) in [5.41, 5.74) is 1.76. The predicted molar refractivity (Wildman–Crippen MR) is 112 cm³/mol. The summed E-state index contributed by atoms with van der Waals surface area (Å²) < 4.78 is 16.7. The second-order valence-corrected chi connectivity index (χ2v) is 6.75. The Hall–Kier alpha value is -3.31. The molecule has 0 N–H and O–H groups in total. The first-order valence-electron chi connectivity index (χ1n) is 9.70. The number of rotatable bonds is 7. The molecule has 1 aromatic heterocycles. The molecule has 0 saturated carbocycles. The molecule has 0 bridgehead atoms. The second-order valence-electron chi connectivity index (χ2n) is 6.75. The van der Waals surface area contributed by atoms with E-state index in [9.17, 15) is 4.79 Å². The van der Waals surface area contributed by atoms with E-state index in [4.69, 9.17) is 13.9 Å². The highest BCUT2D eigenvalue weighted by molar-refractivity contribution is 6.06. The molecule has 2 aromatic carbocycles. The Morgan fingerprint density at radius 1 is 0.966 bits per heavy atom. The maximum Gasteiger partial charge on any atom is 0.185 e. The molecular weight excluding hydrogens is 366 g/mol. The third-order valence-electron chi connectivity index (χ3n) is 4.73. The van der Waals surface area contributed by atoms with E-state index in [0.717, 1.165) is 37.7 Å². The molecule has 0 radical (unpaired) electrons. The van der Waals surface area contributed by atoms with Gasteiger partial charge in [0, 0.05) is 24.3 Å². The lowest BCUT2D eigenvalue weighted by Gasteiger charge is -2.28. The molecule has 1 aliphatic rings. The lowest BCUT2D eigenvalue weighted by Crippen LogP contribution is -2.36. The fourth-order valence-electron chi connectivity index (χ4n) is 3.14. The number of furan rings is 1. The van der Waals surface area contributed by atoms with Crippen LogP contribution in [-0.2, 0) is 11.3 Å². The smallest absolute Gasteiger partial charge is 0.185 e. The number of allylic oxidation sites excluding steroid dienone is 1. The van der Waals surface area contributed by atoms with E-state index in [0.29, 0.717) is 23.7 Å². The summed E-state index contributed by atoms with van der Waals surface area (Å²) in [7, 11) is 0. The lowest BCUT2D eigenvalue weighted by atomic mass is 10.1. The number of para-hydroxylation sites is 1. The van der Waals surface area contributed by atoms with Crippen molar-refractivity contribution < 1.29 is 18.7 Å². The highest BCUT2D eigenvalue weighted by Gasteiger charge is 2.11.